The van der Waals surface area contributed by atoms with Gasteiger partial charge < -0.3 is 4.42 Å². The molecular weight excluding hydrogens is 308 g/mol. The predicted molar refractivity (Wildman–Crippen MR) is 76.3 cm³/mol. The molecule has 1 N–H and O–H groups in total. The normalized spacial score (nSPS) is 17.0. The molecule has 2 aromatic rings. The van der Waals surface area contributed by atoms with Crippen LogP contribution in [-0.2, 0) is 9.59 Å². The van der Waals surface area contributed by atoms with Crippen LogP contribution in [0.2, 0.25) is 0 Å². The SMILES string of the molecule is Cc1nc(C)c(-c2nnc(NC(=O)C3C=CC(=O)N=N3)o2)s1. The van der Waals surface area contributed by atoms with Gasteiger partial charge in [0.1, 0.15) is 4.88 Å². The van der Waals surface area contributed by atoms with E-state index in [1.54, 1.807) is 0 Å². The standard InChI is InChI=1S/C12H10N6O3S/c1-5-9(22-6(2)13-5)11-17-18-12(21-11)14-10(20)7-3-4-8(19)16-15-7/h3-4,7H,1-2H3,(H,14,18,20). The second-order valence-electron chi connectivity index (χ2n) is 4.41. The molecule has 0 bridgehead atoms. The molecule has 9 nitrogen and oxygen atoms in total. The third-order valence-corrected chi connectivity index (χ3v) is 3.78. The van der Waals surface area contributed by atoms with Crippen molar-refractivity contribution in [2.24, 2.45) is 10.2 Å². The minimum atomic E-state index is -0.888. The zero-order valence-corrected chi connectivity index (χ0v) is 12.4. The van der Waals surface area contributed by atoms with Crippen molar-refractivity contribution >= 4 is 29.2 Å². The van der Waals surface area contributed by atoms with E-state index < -0.39 is 17.9 Å². The number of hydrogen-bond donors (Lipinski definition) is 1. The van der Waals surface area contributed by atoms with E-state index in [-0.39, 0.29) is 11.9 Å². The number of carbonyl (C=O) groups is 2. The Morgan fingerprint density at radius 3 is 2.82 bits per heavy atom. The molecule has 0 saturated carbocycles. The number of thiazole rings is 1. The van der Waals surface area contributed by atoms with E-state index in [4.69, 9.17) is 4.42 Å². The number of aryl methyl sites for hydroxylation is 2. The van der Waals surface area contributed by atoms with Gasteiger partial charge in [0.25, 0.3) is 17.7 Å². The molecule has 2 aromatic heterocycles. The van der Waals surface area contributed by atoms with Crippen molar-refractivity contribution in [3.63, 3.8) is 0 Å². The Kier molecular flexibility index (Phi) is 3.59. The number of amides is 2. The Hall–Kier alpha value is -2.75. The number of hydrogen-bond acceptors (Lipinski definition) is 8. The topological polar surface area (TPSA) is 123 Å². The van der Waals surface area contributed by atoms with Crippen LogP contribution in [0.1, 0.15) is 10.7 Å². The second-order valence-corrected chi connectivity index (χ2v) is 5.61. The second kappa shape index (κ2) is 5.56. The molecule has 1 aliphatic heterocycles. The highest BCUT2D eigenvalue weighted by Crippen LogP contribution is 2.29. The van der Waals surface area contributed by atoms with Crippen LogP contribution in [-0.4, -0.2) is 33.0 Å². The van der Waals surface area contributed by atoms with Crippen molar-refractivity contribution in [2.45, 2.75) is 19.9 Å². The minimum Gasteiger partial charge on any atom is -0.402 e. The van der Waals surface area contributed by atoms with E-state index in [0.717, 1.165) is 15.6 Å². The summed E-state index contributed by atoms with van der Waals surface area (Å²) in [5, 5.41) is 17.8. The zero-order chi connectivity index (χ0) is 15.7. The fourth-order valence-electron chi connectivity index (χ4n) is 1.78. The quantitative estimate of drug-likeness (QED) is 0.918. The average Bonchev–Trinajstić information content (AvgIpc) is 3.06. The Morgan fingerprint density at radius 1 is 1.36 bits per heavy atom. The van der Waals surface area contributed by atoms with Gasteiger partial charge in [-0.3, -0.25) is 14.9 Å². The average molecular weight is 318 g/mol. The van der Waals surface area contributed by atoms with Crippen LogP contribution >= 0.6 is 11.3 Å². The van der Waals surface area contributed by atoms with Gasteiger partial charge in [0.2, 0.25) is 0 Å². The monoisotopic (exact) mass is 318 g/mol. The maximum Gasteiger partial charge on any atom is 0.322 e. The van der Waals surface area contributed by atoms with Crippen molar-refractivity contribution in [3.05, 3.63) is 22.9 Å². The van der Waals surface area contributed by atoms with Crippen LogP contribution in [0, 0.1) is 13.8 Å². The molecule has 112 valence electrons. The van der Waals surface area contributed by atoms with Crippen molar-refractivity contribution in [2.75, 3.05) is 5.32 Å². The highest BCUT2D eigenvalue weighted by molar-refractivity contribution is 7.15. The molecule has 0 spiro atoms. The van der Waals surface area contributed by atoms with Gasteiger partial charge in [-0.1, -0.05) is 5.10 Å². The summed E-state index contributed by atoms with van der Waals surface area (Å²) in [6.45, 7) is 3.72. The maximum atomic E-state index is 11.9. The zero-order valence-electron chi connectivity index (χ0n) is 11.6. The molecule has 22 heavy (non-hydrogen) atoms. The third-order valence-electron chi connectivity index (χ3n) is 2.72. The van der Waals surface area contributed by atoms with Gasteiger partial charge in [-0.25, -0.2) is 4.98 Å². The molecule has 0 saturated heterocycles. The first-order valence-corrected chi connectivity index (χ1v) is 7.06. The lowest BCUT2D eigenvalue weighted by atomic mass is 10.2. The number of nitrogens with zero attached hydrogens (tertiary/aromatic N) is 5. The van der Waals surface area contributed by atoms with E-state index in [1.807, 2.05) is 13.8 Å². The Balaban J connectivity index is 1.73. The van der Waals surface area contributed by atoms with E-state index in [1.165, 1.54) is 23.5 Å². The van der Waals surface area contributed by atoms with Gasteiger partial charge in [-0.2, -0.15) is 5.11 Å². The van der Waals surface area contributed by atoms with Crippen LogP contribution in [0.15, 0.2) is 26.8 Å². The van der Waals surface area contributed by atoms with Crippen molar-refractivity contribution < 1.29 is 14.0 Å². The van der Waals surface area contributed by atoms with E-state index in [0.29, 0.717) is 0 Å². The van der Waals surface area contributed by atoms with Gasteiger partial charge in [-0.05, 0) is 19.9 Å². The number of carbonyl (C=O) groups excluding carboxylic acids is 2. The first-order valence-electron chi connectivity index (χ1n) is 6.24. The first-order chi connectivity index (χ1) is 10.5. The fourth-order valence-corrected chi connectivity index (χ4v) is 2.62. The highest BCUT2D eigenvalue weighted by Gasteiger charge is 2.21. The summed E-state index contributed by atoms with van der Waals surface area (Å²) in [5.74, 6) is -0.727. The van der Waals surface area contributed by atoms with E-state index in [9.17, 15) is 9.59 Å². The van der Waals surface area contributed by atoms with Crippen LogP contribution in [0.5, 0.6) is 0 Å². The van der Waals surface area contributed by atoms with Crippen LogP contribution in [0.3, 0.4) is 0 Å². The molecule has 2 amide bonds. The minimum absolute atomic E-state index is 0.0500. The molecule has 10 heteroatoms. The Morgan fingerprint density at radius 2 is 2.18 bits per heavy atom. The summed E-state index contributed by atoms with van der Waals surface area (Å²) in [4.78, 5) is 27.8. The van der Waals surface area contributed by atoms with Crippen LogP contribution in [0.4, 0.5) is 6.01 Å². The number of rotatable bonds is 3. The molecule has 3 heterocycles. The summed E-state index contributed by atoms with van der Waals surface area (Å²) in [5.41, 5.74) is 0.784. The van der Waals surface area contributed by atoms with E-state index >= 15 is 0 Å². The van der Waals surface area contributed by atoms with Gasteiger partial charge in [-0.15, -0.1) is 21.5 Å². The van der Waals surface area contributed by atoms with E-state index in [2.05, 4.69) is 30.7 Å². The molecule has 1 unspecified atom stereocenters. The third kappa shape index (κ3) is 2.81. The van der Waals surface area contributed by atoms with Crippen LogP contribution < -0.4 is 5.32 Å². The Labute approximate surface area is 128 Å². The van der Waals surface area contributed by atoms with Gasteiger partial charge in [0.05, 0.1) is 10.7 Å². The van der Waals surface area contributed by atoms with Gasteiger partial charge >= 0.3 is 6.01 Å². The smallest absolute Gasteiger partial charge is 0.322 e. The lowest BCUT2D eigenvalue weighted by Crippen LogP contribution is -2.26. The van der Waals surface area contributed by atoms with Crippen molar-refractivity contribution in [1.82, 2.24) is 15.2 Å². The summed E-state index contributed by atoms with van der Waals surface area (Å²) < 4.78 is 5.40. The maximum absolute atomic E-state index is 11.9. The fraction of sp³-hybridized carbons (Fsp3) is 0.250. The largest absolute Gasteiger partial charge is 0.402 e. The lowest BCUT2D eigenvalue weighted by Gasteiger charge is -2.06. The molecule has 0 aromatic carbocycles. The lowest BCUT2D eigenvalue weighted by molar-refractivity contribution is -0.117. The van der Waals surface area contributed by atoms with Crippen molar-refractivity contribution in [3.8, 4) is 10.8 Å². The van der Waals surface area contributed by atoms with Crippen molar-refractivity contribution in [1.29, 1.82) is 0 Å². The molecular formula is C12H10N6O3S. The molecule has 0 fully saturated rings. The number of azo groups is 1. The highest BCUT2D eigenvalue weighted by atomic mass is 32.1. The number of nitrogens with one attached hydrogen (secondary N) is 1. The summed E-state index contributed by atoms with van der Waals surface area (Å²) >= 11 is 1.43. The summed E-state index contributed by atoms with van der Waals surface area (Å²) in [6, 6.07) is -0.939. The molecule has 3 rings (SSSR count). The summed E-state index contributed by atoms with van der Waals surface area (Å²) in [6.07, 6.45) is 2.53. The number of anilines is 1. The summed E-state index contributed by atoms with van der Waals surface area (Å²) in [7, 11) is 0. The molecule has 0 aliphatic carbocycles. The molecule has 1 atom stereocenters. The predicted octanol–water partition coefficient (Wildman–Crippen LogP) is 1.67. The number of aromatic nitrogens is 3. The Bertz CT molecular complexity index is 790. The van der Waals surface area contributed by atoms with Gasteiger partial charge in [0, 0.05) is 6.08 Å². The molecule has 0 radical (unpaired) electrons. The van der Waals surface area contributed by atoms with Gasteiger partial charge in [0.15, 0.2) is 6.04 Å². The first kappa shape index (κ1) is 14.2. The van der Waals surface area contributed by atoms with Crippen LogP contribution in [0.25, 0.3) is 10.8 Å². The molecule has 1 aliphatic rings.